The Kier molecular flexibility index (Phi) is 37.7. The summed E-state index contributed by atoms with van der Waals surface area (Å²) in [5, 5.41) is 103. The predicted molar refractivity (Wildman–Crippen MR) is 483 cm³/mol. The Morgan fingerprint density at radius 1 is 0.350 bits per heavy atom. The van der Waals surface area contributed by atoms with Crippen LogP contribution in [0.25, 0.3) is 0 Å². The standard InChI is InChI=1S/C17H27N2O5P.C16H27N2O5P.C16H25N2O5P.C16H27N2O5P.C15H25N2O5P/c1-5-6-8-19-10-11(16(22)18-17(19)23)15-14(21)13(20)12(24-15)7-9-25(2,3)4;2*1-5-7-18-9-10(15(21)17-16(18)22)14-13(20)12(19)11(23-14)6-8-24(2,3)4;1-5-6-10-9-18(16(22)17-14(10)21)15-13(20)12(19)11(23-15)7-8-24(2,3)4;1-5-9-8-17(15(21)16-13(9)20)14-12(19)11(18)10(22-14)6-7-23(2,3)4/h5,10,12-15,20-21H,1-2,6-9H2,3-4H3,(H,18,22,23);9,11-14,19-20H,2,5-8H2,1,3-4H3,(H,17,21,22);5,9,11-14,19-20H,1-2,6-8H2,3-4H3,(H,17,21,22);9,11-13,15,19-20H,2,5-8H2,1,3-4H3,(H,17,21,22);8,10-12,14,18-19H,2,5-7H2,1,3-4H3,(H,16,20,21)/t12-,13-,14-,15?;2*11-,12-,13-,14?;11-,12-,13-,15?;10-,11-,12-,14?/m11111/s1. The molecule has 5 aromatic rings. The molecule has 10 rings (SSSR count). The topological polar surface area (TPSA) is 523 Å². The number of allylic oxidation sites excluding steroid dienone is 2. The molecule has 10 heterocycles. The summed E-state index contributed by atoms with van der Waals surface area (Å²) >= 11 is 0. The zero-order chi connectivity index (χ0) is 90.3. The fourth-order valence-corrected chi connectivity index (χ4v) is 18.7. The summed E-state index contributed by atoms with van der Waals surface area (Å²) in [6.07, 6.45) is 21.6. The number of hydrogen-bond acceptors (Lipinski definition) is 25. The second-order valence-corrected chi connectivity index (χ2v) is 56.3. The molecule has 5 fully saturated rings. The van der Waals surface area contributed by atoms with E-state index >= 15 is 0 Å². The summed E-state index contributed by atoms with van der Waals surface area (Å²) < 4.78 is 35.1. The number of aromatic nitrogens is 10. The van der Waals surface area contributed by atoms with Crippen molar-refractivity contribution in [3.8, 4) is 0 Å². The molecule has 5 unspecified atom stereocenters. The lowest BCUT2D eigenvalue weighted by Gasteiger charge is -2.19. The van der Waals surface area contributed by atoms with Gasteiger partial charge in [-0.3, -0.25) is 67.2 Å². The van der Waals surface area contributed by atoms with Crippen molar-refractivity contribution in [1.82, 2.24) is 47.8 Å². The average Bonchev–Trinajstić information content (AvgIpc) is 1.67. The lowest BCUT2D eigenvalue weighted by atomic mass is 10.0. The first-order valence-electron chi connectivity index (χ1n) is 40.1. The van der Waals surface area contributed by atoms with Crippen molar-refractivity contribution < 1.29 is 74.7 Å². The SMILES string of the molecule is C=CCCn1cc(C2O[C@H](CCP(=C)(C)C)[C@@H](O)[C@H]2O)c(=O)[nH]c1=O.C=CCn1cc(C2O[C@H](CCP(=C)(C)C)[C@@H](O)[C@H]2O)c(=O)[nH]c1=O.C=P(C)(C)CC[C@H]1OC(c2cn(CCC)c(=O)[nH]c2=O)[C@H](O)[C@@H]1O.C=P(C)(C)CC[C@H]1OC(n2cc(CC)c(=O)[nH]c2=O)[C@H](O)[C@@H]1O.C=P(C)(C)CC[C@H]1OC(n2cc(CCC)c(=O)[nH]c2=O)[C@H](O)[C@@H]1O. The van der Waals surface area contributed by atoms with Gasteiger partial charge in [-0.25, -0.2) is 24.0 Å². The number of aliphatic hydroxyl groups excluding tert-OH is 10. The molecule has 0 radical (unpaired) electrons. The van der Waals surface area contributed by atoms with Gasteiger partial charge in [-0.2, -0.15) is 0 Å². The fraction of sp³-hybridized carbons (Fsp3) is 0.637. The molecule has 5 saturated heterocycles. The van der Waals surface area contributed by atoms with E-state index in [4.69, 9.17) is 23.7 Å². The molecule has 35 nitrogen and oxygen atoms in total. The summed E-state index contributed by atoms with van der Waals surface area (Å²) in [5.41, 5.74) is -4.27. The highest BCUT2D eigenvalue weighted by Gasteiger charge is 2.49. The van der Waals surface area contributed by atoms with Crippen LogP contribution < -0.4 is 56.2 Å². The number of rotatable bonds is 30. The molecule has 5 aromatic heterocycles. The number of aliphatic hydroxyl groups is 10. The smallest absolute Gasteiger partial charge is 0.330 e. The van der Waals surface area contributed by atoms with Crippen molar-refractivity contribution >= 4 is 65.9 Å². The van der Waals surface area contributed by atoms with E-state index in [9.17, 15) is 99.0 Å². The normalized spacial score (nSPS) is 27.5. The molecule has 20 atom stereocenters. The van der Waals surface area contributed by atoms with Crippen molar-refractivity contribution in [2.45, 2.75) is 227 Å². The van der Waals surface area contributed by atoms with Crippen molar-refractivity contribution in [3.05, 3.63) is 188 Å². The van der Waals surface area contributed by atoms with Crippen LogP contribution in [0.5, 0.6) is 0 Å². The molecule has 5 aliphatic rings. The Morgan fingerprint density at radius 2 is 0.633 bits per heavy atom. The van der Waals surface area contributed by atoms with E-state index in [1.165, 1.54) is 55.3 Å². The minimum atomic E-state index is -1.29. The first-order chi connectivity index (χ1) is 55.7. The van der Waals surface area contributed by atoms with E-state index < -0.39 is 213 Å². The van der Waals surface area contributed by atoms with Crippen molar-refractivity contribution in [2.75, 3.05) is 97.5 Å². The largest absolute Gasteiger partial charge is 0.388 e. The molecule has 120 heavy (non-hydrogen) atoms. The molecule has 0 saturated carbocycles. The van der Waals surface area contributed by atoms with Crippen LogP contribution in [0.4, 0.5) is 0 Å². The number of hydrogen-bond donors (Lipinski definition) is 15. The van der Waals surface area contributed by atoms with Crippen LogP contribution in [-0.2, 0) is 56.2 Å². The highest BCUT2D eigenvalue weighted by atomic mass is 31.2. The third-order valence-corrected chi connectivity index (χ3v) is 28.1. The van der Waals surface area contributed by atoms with Gasteiger partial charge in [-0.15, -0.1) is 79.1 Å². The maximum absolute atomic E-state index is 12.2. The summed E-state index contributed by atoms with van der Waals surface area (Å²) in [7, 11) is 0. The lowest BCUT2D eigenvalue weighted by molar-refractivity contribution is -0.0404. The van der Waals surface area contributed by atoms with Crippen molar-refractivity contribution in [1.29, 1.82) is 0 Å². The highest BCUT2D eigenvalue weighted by molar-refractivity contribution is 7.73. The third-order valence-electron chi connectivity index (χ3n) is 20.8. The summed E-state index contributed by atoms with van der Waals surface area (Å²) in [4.78, 5) is 130. The van der Waals surface area contributed by atoms with E-state index in [2.05, 4.69) is 136 Å². The van der Waals surface area contributed by atoms with E-state index in [0.717, 1.165) is 48.2 Å². The molecule has 0 aliphatic carbocycles. The molecule has 0 amide bonds. The quantitative estimate of drug-likeness (QED) is 0.0221. The number of nitrogens with one attached hydrogen (secondary N) is 5. The van der Waals surface area contributed by atoms with Crippen LogP contribution >= 0.6 is 34.4 Å². The Hall–Kier alpha value is -6.22. The van der Waals surface area contributed by atoms with Crippen molar-refractivity contribution in [3.63, 3.8) is 0 Å². The summed E-state index contributed by atoms with van der Waals surface area (Å²) in [6.45, 7) is 28.3. The van der Waals surface area contributed by atoms with Crippen LogP contribution in [0.15, 0.2) is 104 Å². The Balaban J connectivity index is 0.000000233. The number of aromatic amines is 5. The van der Waals surface area contributed by atoms with Gasteiger partial charge in [-0.05, 0) is 155 Å². The summed E-state index contributed by atoms with van der Waals surface area (Å²) in [5.74, 6) is 0. The Labute approximate surface area is 697 Å². The van der Waals surface area contributed by atoms with Crippen molar-refractivity contribution in [2.24, 2.45) is 0 Å². The van der Waals surface area contributed by atoms with Gasteiger partial charge in [0.2, 0.25) is 0 Å². The first-order valence-corrected chi connectivity index (χ1v) is 55.3. The molecule has 0 aromatic carbocycles. The van der Waals surface area contributed by atoms with Gasteiger partial charge >= 0.3 is 28.4 Å². The van der Waals surface area contributed by atoms with Crippen LogP contribution in [0.1, 0.15) is 131 Å². The van der Waals surface area contributed by atoms with Crippen LogP contribution in [0.3, 0.4) is 0 Å². The average molecular weight is 1790 g/mol. The number of ether oxygens (including phenoxy) is 5. The van der Waals surface area contributed by atoms with Gasteiger partial charge in [0, 0.05) is 61.7 Å². The van der Waals surface area contributed by atoms with E-state index in [-0.39, 0.29) is 23.2 Å². The molecule has 40 heteroatoms. The lowest BCUT2D eigenvalue weighted by Crippen LogP contribution is -2.38. The van der Waals surface area contributed by atoms with Crippen LogP contribution in [0.2, 0.25) is 0 Å². The minimum Gasteiger partial charge on any atom is -0.388 e. The Bertz CT molecular complexity index is 5080. The molecule has 15 N–H and O–H groups in total. The maximum Gasteiger partial charge on any atom is 0.330 e. The molecule has 0 spiro atoms. The minimum absolute atomic E-state index is 0.120. The van der Waals surface area contributed by atoms with E-state index in [1.54, 1.807) is 13.0 Å². The van der Waals surface area contributed by atoms with E-state index in [0.29, 0.717) is 75.6 Å². The van der Waals surface area contributed by atoms with Gasteiger partial charge < -0.3 is 79.3 Å². The molecular weight excluding hydrogens is 1660 g/mol. The van der Waals surface area contributed by atoms with Gasteiger partial charge in [0.15, 0.2) is 12.5 Å². The number of aryl methyl sites for hydroxylation is 4. The highest BCUT2D eigenvalue weighted by Crippen LogP contribution is 2.45. The van der Waals surface area contributed by atoms with Gasteiger partial charge in [0.05, 0.1) is 47.2 Å². The second-order valence-electron chi connectivity index (χ2n) is 34.7. The summed E-state index contributed by atoms with van der Waals surface area (Å²) in [6, 6.07) is 0. The molecule has 0 bridgehead atoms. The second kappa shape index (κ2) is 44.1. The number of nitrogens with zero attached hydrogens (tertiary/aromatic N) is 5. The van der Waals surface area contributed by atoms with Crippen LogP contribution in [0, 0.1) is 0 Å². The monoisotopic (exact) mass is 1790 g/mol. The molecule has 676 valence electrons. The molecule has 5 aliphatic heterocycles. The zero-order valence-corrected chi connectivity index (χ0v) is 75.8. The van der Waals surface area contributed by atoms with Crippen LogP contribution in [-0.4, -0.2) is 319 Å². The van der Waals surface area contributed by atoms with E-state index in [1.807, 2.05) is 13.8 Å². The van der Waals surface area contributed by atoms with Gasteiger partial charge in [-0.1, -0.05) is 39.3 Å². The number of H-pyrrole nitrogens is 5. The molecular formula is C80H131N10O25P5. The maximum atomic E-state index is 12.2. The first kappa shape index (κ1) is 103. The van der Waals surface area contributed by atoms with Gasteiger partial charge in [0.25, 0.3) is 27.8 Å². The van der Waals surface area contributed by atoms with Gasteiger partial charge in [0.1, 0.15) is 79.4 Å². The third kappa shape index (κ3) is 28.7. The zero-order valence-electron chi connectivity index (χ0n) is 71.3. The Morgan fingerprint density at radius 3 is 0.933 bits per heavy atom. The fourth-order valence-electron chi connectivity index (χ4n) is 13.9. The predicted octanol–water partition coefficient (Wildman–Crippen LogP) is 0.590.